The average molecular weight is 469 g/mol. The Hall–Kier alpha value is -3.00. The van der Waals surface area contributed by atoms with Gasteiger partial charge in [-0.1, -0.05) is 12.5 Å². The monoisotopic (exact) mass is 468 g/mol. The second kappa shape index (κ2) is 10.5. The standard InChI is InChI=1S/C26H36N4O4/c1-5-12-30-21-17-29(15-8-14-28-13-7-6-9-18(28)2)25(31)23(21)24(27-26(30)32)20-16-19(33-3)10-11-22(20)34-4/h5,10-11,16,18,24H,1,6-9,12-15,17H2,2-4H3,(H,27,32). The van der Waals surface area contributed by atoms with Gasteiger partial charge in [0.25, 0.3) is 5.91 Å². The zero-order valence-electron chi connectivity index (χ0n) is 20.5. The number of methoxy groups -OCH3 is 2. The first-order valence-electron chi connectivity index (χ1n) is 12.2. The molecule has 8 heteroatoms. The van der Waals surface area contributed by atoms with Crippen molar-refractivity contribution in [3.8, 4) is 11.5 Å². The zero-order chi connectivity index (χ0) is 24.2. The average Bonchev–Trinajstić information content (AvgIpc) is 3.17. The van der Waals surface area contributed by atoms with Crippen molar-refractivity contribution in [2.24, 2.45) is 0 Å². The van der Waals surface area contributed by atoms with Gasteiger partial charge in [-0.05, 0) is 50.9 Å². The Kier molecular flexibility index (Phi) is 7.46. The van der Waals surface area contributed by atoms with Crippen molar-refractivity contribution >= 4 is 11.9 Å². The Morgan fingerprint density at radius 2 is 2.00 bits per heavy atom. The number of benzene rings is 1. The van der Waals surface area contributed by atoms with Crippen molar-refractivity contribution in [1.82, 2.24) is 20.0 Å². The van der Waals surface area contributed by atoms with Crippen LogP contribution in [0.25, 0.3) is 0 Å². The maximum absolute atomic E-state index is 13.7. The van der Waals surface area contributed by atoms with Crippen LogP contribution in [0.4, 0.5) is 4.79 Å². The van der Waals surface area contributed by atoms with Crippen molar-refractivity contribution in [1.29, 1.82) is 0 Å². The Labute approximate surface area is 202 Å². The van der Waals surface area contributed by atoms with Crippen molar-refractivity contribution in [3.05, 3.63) is 47.7 Å². The normalized spacial score (nSPS) is 23.1. The van der Waals surface area contributed by atoms with Gasteiger partial charge in [0.2, 0.25) is 0 Å². The van der Waals surface area contributed by atoms with Gasteiger partial charge in [0.15, 0.2) is 0 Å². The molecule has 1 aromatic rings. The highest BCUT2D eigenvalue weighted by molar-refractivity contribution is 6.01. The summed E-state index contributed by atoms with van der Waals surface area (Å²) in [7, 11) is 3.17. The van der Waals surface area contributed by atoms with Crippen LogP contribution in [-0.2, 0) is 4.79 Å². The second-order valence-electron chi connectivity index (χ2n) is 9.21. The van der Waals surface area contributed by atoms with Gasteiger partial charge in [0.05, 0.1) is 38.1 Å². The molecule has 4 rings (SSSR count). The maximum atomic E-state index is 13.7. The molecule has 1 saturated heterocycles. The summed E-state index contributed by atoms with van der Waals surface area (Å²) >= 11 is 0. The third kappa shape index (κ3) is 4.64. The first-order valence-corrected chi connectivity index (χ1v) is 12.2. The van der Waals surface area contributed by atoms with Gasteiger partial charge >= 0.3 is 6.03 Å². The number of likely N-dealkylation sites (tertiary alicyclic amines) is 1. The zero-order valence-corrected chi connectivity index (χ0v) is 20.5. The summed E-state index contributed by atoms with van der Waals surface area (Å²) in [5.74, 6) is 1.20. The number of urea groups is 1. The minimum Gasteiger partial charge on any atom is -0.497 e. The van der Waals surface area contributed by atoms with E-state index in [1.807, 2.05) is 11.0 Å². The SMILES string of the molecule is C=CCN1C(=O)NC(c2cc(OC)ccc2OC)C2=C1CN(CCCN1CCCCC1C)C2=O. The van der Waals surface area contributed by atoms with Crippen LogP contribution in [0.2, 0.25) is 0 Å². The van der Waals surface area contributed by atoms with Gasteiger partial charge in [-0.2, -0.15) is 0 Å². The van der Waals surface area contributed by atoms with Gasteiger partial charge in [-0.15, -0.1) is 6.58 Å². The van der Waals surface area contributed by atoms with E-state index in [0.29, 0.717) is 48.3 Å². The predicted molar refractivity (Wildman–Crippen MR) is 131 cm³/mol. The van der Waals surface area contributed by atoms with Crippen LogP contribution in [-0.4, -0.2) is 79.6 Å². The maximum Gasteiger partial charge on any atom is 0.322 e. The molecule has 1 N–H and O–H groups in total. The molecule has 0 aliphatic carbocycles. The number of piperidine rings is 1. The van der Waals surface area contributed by atoms with Crippen LogP contribution >= 0.6 is 0 Å². The number of rotatable bonds is 9. The van der Waals surface area contributed by atoms with Crippen LogP contribution in [0.1, 0.15) is 44.2 Å². The number of ether oxygens (including phenoxy) is 2. The number of amides is 3. The van der Waals surface area contributed by atoms with Crippen molar-refractivity contribution < 1.29 is 19.1 Å². The number of hydrogen-bond acceptors (Lipinski definition) is 5. The molecule has 34 heavy (non-hydrogen) atoms. The van der Waals surface area contributed by atoms with E-state index in [-0.39, 0.29) is 11.9 Å². The number of nitrogens with zero attached hydrogens (tertiary/aromatic N) is 3. The van der Waals surface area contributed by atoms with E-state index < -0.39 is 6.04 Å². The largest absolute Gasteiger partial charge is 0.497 e. The summed E-state index contributed by atoms with van der Waals surface area (Å²) in [4.78, 5) is 32.7. The Balaban J connectivity index is 1.58. The summed E-state index contributed by atoms with van der Waals surface area (Å²) in [6.07, 6.45) is 6.38. The molecule has 1 aromatic carbocycles. The number of carbonyl (C=O) groups is 2. The molecular formula is C26H36N4O4. The van der Waals surface area contributed by atoms with Gasteiger partial charge in [-0.3, -0.25) is 9.69 Å². The molecular weight excluding hydrogens is 432 g/mol. The molecule has 3 heterocycles. The van der Waals surface area contributed by atoms with Gasteiger partial charge in [-0.25, -0.2) is 4.79 Å². The van der Waals surface area contributed by atoms with E-state index in [9.17, 15) is 9.59 Å². The summed E-state index contributed by atoms with van der Waals surface area (Å²) in [6.45, 7) is 9.63. The number of carbonyl (C=O) groups excluding carboxylic acids is 2. The molecule has 0 bridgehead atoms. The van der Waals surface area contributed by atoms with Crippen LogP contribution in [0.15, 0.2) is 42.1 Å². The quantitative estimate of drug-likeness (QED) is 0.563. The van der Waals surface area contributed by atoms with Gasteiger partial charge in [0, 0.05) is 31.2 Å². The van der Waals surface area contributed by atoms with Crippen molar-refractivity contribution in [2.45, 2.75) is 44.7 Å². The Morgan fingerprint density at radius 3 is 2.71 bits per heavy atom. The van der Waals surface area contributed by atoms with E-state index in [0.717, 1.165) is 25.2 Å². The molecule has 184 valence electrons. The lowest BCUT2D eigenvalue weighted by Crippen LogP contribution is -2.47. The van der Waals surface area contributed by atoms with Gasteiger partial charge in [0.1, 0.15) is 11.5 Å². The smallest absolute Gasteiger partial charge is 0.322 e. The molecule has 3 aliphatic rings. The molecule has 0 radical (unpaired) electrons. The lowest BCUT2D eigenvalue weighted by molar-refractivity contribution is -0.125. The molecule has 0 spiro atoms. The van der Waals surface area contributed by atoms with E-state index >= 15 is 0 Å². The third-order valence-corrected chi connectivity index (χ3v) is 7.17. The summed E-state index contributed by atoms with van der Waals surface area (Å²) in [6, 6.07) is 5.18. The molecule has 3 amide bonds. The molecule has 2 unspecified atom stereocenters. The fourth-order valence-electron chi connectivity index (χ4n) is 5.30. The number of nitrogens with one attached hydrogen (secondary N) is 1. The molecule has 0 aromatic heterocycles. The number of hydrogen-bond donors (Lipinski definition) is 1. The highest BCUT2D eigenvalue weighted by Crippen LogP contribution is 2.40. The summed E-state index contributed by atoms with van der Waals surface area (Å²) < 4.78 is 11.0. The fourth-order valence-corrected chi connectivity index (χ4v) is 5.30. The lowest BCUT2D eigenvalue weighted by atomic mass is 9.94. The summed E-state index contributed by atoms with van der Waals surface area (Å²) in [5.41, 5.74) is 2.05. The molecule has 3 aliphatic heterocycles. The minimum absolute atomic E-state index is 0.0365. The molecule has 2 atom stereocenters. The van der Waals surface area contributed by atoms with Crippen LogP contribution in [0.3, 0.4) is 0 Å². The van der Waals surface area contributed by atoms with E-state index in [1.54, 1.807) is 37.3 Å². The molecule has 8 nitrogen and oxygen atoms in total. The second-order valence-corrected chi connectivity index (χ2v) is 9.21. The van der Waals surface area contributed by atoms with Crippen molar-refractivity contribution in [3.63, 3.8) is 0 Å². The predicted octanol–water partition coefficient (Wildman–Crippen LogP) is 3.32. The topological polar surface area (TPSA) is 74.4 Å². The molecule has 1 fully saturated rings. The lowest BCUT2D eigenvalue weighted by Gasteiger charge is -2.33. The third-order valence-electron chi connectivity index (χ3n) is 7.17. The fraction of sp³-hybridized carbons (Fsp3) is 0.538. The van der Waals surface area contributed by atoms with Crippen molar-refractivity contribution in [2.75, 3.05) is 46.9 Å². The first-order chi connectivity index (χ1) is 16.5. The van der Waals surface area contributed by atoms with Crippen LogP contribution < -0.4 is 14.8 Å². The van der Waals surface area contributed by atoms with E-state index in [4.69, 9.17) is 9.47 Å². The van der Waals surface area contributed by atoms with E-state index in [2.05, 4.69) is 23.7 Å². The first kappa shape index (κ1) is 24.1. The minimum atomic E-state index is -0.603. The van der Waals surface area contributed by atoms with E-state index in [1.165, 1.54) is 19.3 Å². The highest BCUT2D eigenvalue weighted by Gasteiger charge is 2.44. The summed E-state index contributed by atoms with van der Waals surface area (Å²) in [5, 5.41) is 3.02. The van der Waals surface area contributed by atoms with Crippen LogP contribution in [0.5, 0.6) is 11.5 Å². The Bertz CT molecular complexity index is 976. The van der Waals surface area contributed by atoms with Crippen LogP contribution in [0, 0.1) is 0 Å². The highest BCUT2D eigenvalue weighted by atomic mass is 16.5. The molecule has 0 saturated carbocycles. The Morgan fingerprint density at radius 1 is 1.18 bits per heavy atom. The van der Waals surface area contributed by atoms with Gasteiger partial charge < -0.3 is 24.6 Å².